The summed E-state index contributed by atoms with van der Waals surface area (Å²) in [4.78, 5) is 15.6. The lowest BCUT2D eigenvalue weighted by molar-refractivity contribution is 0.198. The number of rotatable bonds is 1. The van der Waals surface area contributed by atoms with E-state index < -0.39 is 0 Å². The second-order valence-corrected chi connectivity index (χ2v) is 4.46. The molecule has 1 aliphatic rings. The zero-order chi connectivity index (χ0) is 10.7. The first-order chi connectivity index (χ1) is 7.29. The van der Waals surface area contributed by atoms with Gasteiger partial charge in [0, 0.05) is 33.2 Å². The number of thiophene rings is 1. The maximum Gasteiger partial charge on any atom is 0.324 e. The van der Waals surface area contributed by atoms with Crippen molar-refractivity contribution in [3.8, 4) is 0 Å². The average molecular weight is 225 g/mol. The summed E-state index contributed by atoms with van der Waals surface area (Å²) in [6, 6.07) is 4.02. The highest BCUT2D eigenvalue weighted by Crippen LogP contribution is 2.20. The number of anilines is 1. The Morgan fingerprint density at radius 3 is 2.87 bits per heavy atom. The fraction of sp³-hybridized carbons (Fsp3) is 0.500. The van der Waals surface area contributed by atoms with Crippen molar-refractivity contribution in [1.82, 2.24) is 10.2 Å². The van der Waals surface area contributed by atoms with Gasteiger partial charge in [0.15, 0.2) is 0 Å². The molecule has 1 saturated heterocycles. The van der Waals surface area contributed by atoms with Crippen LogP contribution >= 0.6 is 11.3 Å². The molecule has 5 heteroatoms. The quantitative estimate of drug-likeness (QED) is 0.780. The summed E-state index contributed by atoms with van der Waals surface area (Å²) >= 11 is 1.59. The van der Waals surface area contributed by atoms with Crippen LogP contribution in [0.4, 0.5) is 9.80 Å². The van der Waals surface area contributed by atoms with Gasteiger partial charge in [-0.05, 0) is 17.5 Å². The highest BCUT2D eigenvalue weighted by molar-refractivity contribution is 7.14. The van der Waals surface area contributed by atoms with Gasteiger partial charge in [-0.25, -0.2) is 4.79 Å². The van der Waals surface area contributed by atoms with Crippen LogP contribution < -0.4 is 10.2 Å². The highest BCUT2D eigenvalue weighted by atomic mass is 32.1. The molecule has 0 saturated carbocycles. The van der Waals surface area contributed by atoms with Gasteiger partial charge in [0.25, 0.3) is 0 Å². The Hall–Kier alpha value is -1.07. The molecule has 0 bridgehead atoms. The normalized spacial score (nSPS) is 16.5. The standard InChI is InChI=1S/C10H15N3OS/c1-12(9-3-2-8-15-9)10(14)13-6-4-11-5-7-13/h2-3,8,11H,4-7H2,1H3. The van der Waals surface area contributed by atoms with Crippen molar-refractivity contribution >= 4 is 22.4 Å². The van der Waals surface area contributed by atoms with Crippen molar-refractivity contribution in [3.05, 3.63) is 17.5 Å². The Labute approximate surface area is 93.5 Å². The predicted molar refractivity (Wildman–Crippen MR) is 62.6 cm³/mol. The Morgan fingerprint density at radius 2 is 2.27 bits per heavy atom. The number of hydrogen-bond acceptors (Lipinski definition) is 3. The maximum atomic E-state index is 12.0. The molecule has 1 fully saturated rings. The molecule has 2 amide bonds. The lowest BCUT2D eigenvalue weighted by atomic mass is 10.4. The molecule has 1 aromatic heterocycles. The van der Waals surface area contributed by atoms with E-state index in [2.05, 4.69) is 5.32 Å². The molecule has 0 radical (unpaired) electrons. The number of carbonyl (C=O) groups excluding carboxylic acids is 1. The first-order valence-electron chi connectivity index (χ1n) is 5.06. The fourth-order valence-corrected chi connectivity index (χ4v) is 2.31. The minimum Gasteiger partial charge on any atom is -0.322 e. The molecule has 0 unspecified atom stereocenters. The van der Waals surface area contributed by atoms with E-state index in [0.29, 0.717) is 0 Å². The second kappa shape index (κ2) is 4.63. The zero-order valence-corrected chi connectivity index (χ0v) is 9.59. The molecule has 15 heavy (non-hydrogen) atoms. The SMILES string of the molecule is CN(C(=O)N1CCNCC1)c1cccs1. The van der Waals surface area contributed by atoms with E-state index in [1.54, 1.807) is 16.2 Å². The van der Waals surface area contributed by atoms with E-state index in [9.17, 15) is 4.79 Å². The topological polar surface area (TPSA) is 35.6 Å². The second-order valence-electron chi connectivity index (χ2n) is 3.53. The van der Waals surface area contributed by atoms with Gasteiger partial charge in [0.1, 0.15) is 0 Å². The van der Waals surface area contributed by atoms with Crippen molar-refractivity contribution in [1.29, 1.82) is 0 Å². The first-order valence-corrected chi connectivity index (χ1v) is 5.94. The van der Waals surface area contributed by atoms with Crippen LogP contribution in [0.5, 0.6) is 0 Å². The van der Waals surface area contributed by atoms with Gasteiger partial charge in [-0.2, -0.15) is 0 Å². The molecule has 2 heterocycles. The maximum absolute atomic E-state index is 12.0. The smallest absolute Gasteiger partial charge is 0.322 e. The third kappa shape index (κ3) is 2.30. The summed E-state index contributed by atoms with van der Waals surface area (Å²) in [7, 11) is 1.83. The predicted octanol–water partition coefficient (Wildman–Crippen LogP) is 1.21. The Bertz CT molecular complexity index is 319. The molecule has 1 aliphatic heterocycles. The Kier molecular flexibility index (Phi) is 3.23. The van der Waals surface area contributed by atoms with E-state index in [0.717, 1.165) is 31.2 Å². The summed E-state index contributed by atoms with van der Waals surface area (Å²) in [6.45, 7) is 3.39. The molecule has 1 aromatic rings. The van der Waals surface area contributed by atoms with E-state index >= 15 is 0 Å². The van der Waals surface area contributed by atoms with Gasteiger partial charge in [-0.1, -0.05) is 0 Å². The molecule has 0 aromatic carbocycles. The highest BCUT2D eigenvalue weighted by Gasteiger charge is 2.20. The van der Waals surface area contributed by atoms with Crippen molar-refractivity contribution in [2.45, 2.75) is 0 Å². The summed E-state index contributed by atoms with van der Waals surface area (Å²) in [5, 5.41) is 6.22. The van der Waals surface area contributed by atoms with Gasteiger partial charge in [0.2, 0.25) is 0 Å². The van der Waals surface area contributed by atoms with E-state index in [4.69, 9.17) is 0 Å². The van der Waals surface area contributed by atoms with Gasteiger partial charge >= 0.3 is 6.03 Å². The van der Waals surface area contributed by atoms with Crippen LogP contribution in [0.15, 0.2) is 17.5 Å². The third-order valence-electron chi connectivity index (χ3n) is 2.51. The van der Waals surface area contributed by atoms with Gasteiger partial charge in [0.05, 0.1) is 5.00 Å². The van der Waals surface area contributed by atoms with Crippen molar-refractivity contribution in [2.24, 2.45) is 0 Å². The molecule has 0 atom stereocenters. The number of nitrogens with one attached hydrogen (secondary N) is 1. The third-order valence-corrected chi connectivity index (χ3v) is 3.46. The average Bonchev–Trinajstić information content (AvgIpc) is 2.82. The largest absolute Gasteiger partial charge is 0.324 e. The van der Waals surface area contributed by atoms with Crippen LogP contribution in [-0.4, -0.2) is 44.2 Å². The number of urea groups is 1. The van der Waals surface area contributed by atoms with Crippen LogP contribution in [-0.2, 0) is 0 Å². The van der Waals surface area contributed by atoms with Crippen LogP contribution in [0.3, 0.4) is 0 Å². The number of carbonyl (C=O) groups is 1. The van der Waals surface area contributed by atoms with Crippen LogP contribution in [0, 0.1) is 0 Å². The first kappa shape index (κ1) is 10.4. The molecule has 4 nitrogen and oxygen atoms in total. The Morgan fingerprint density at radius 1 is 1.53 bits per heavy atom. The van der Waals surface area contributed by atoms with Gasteiger partial charge < -0.3 is 10.2 Å². The van der Waals surface area contributed by atoms with Crippen molar-refractivity contribution in [3.63, 3.8) is 0 Å². The minimum atomic E-state index is 0.0963. The minimum absolute atomic E-state index is 0.0963. The molecule has 82 valence electrons. The number of hydrogen-bond donors (Lipinski definition) is 1. The molecular weight excluding hydrogens is 210 g/mol. The number of nitrogens with zero attached hydrogens (tertiary/aromatic N) is 2. The molecule has 1 N–H and O–H groups in total. The van der Waals surface area contributed by atoms with Crippen LogP contribution in [0.1, 0.15) is 0 Å². The number of amides is 2. The monoisotopic (exact) mass is 225 g/mol. The number of piperazine rings is 1. The van der Waals surface area contributed by atoms with Gasteiger partial charge in [-0.15, -0.1) is 11.3 Å². The van der Waals surface area contributed by atoms with Crippen molar-refractivity contribution in [2.75, 3.05) is 38.1 Å². The lowest BCUT2D eigenvalue weighted by Gasteiger charge is -2.30. The molecular formula is C10H15N3OS. The summed E-state index contributed by atoms with van der Waals surface area (Å²) in [5.41, 5.74) is 0. The van der Waals surface area contributed by atoms with Crippen LogP contribution in [0.25, 0.3) is 0 Å². The summed E-state index contributed by atoms with van der Waals surface area (Å²) in [6.07, 6.45) is 0. The molecule has 2 rings (SSSR count). The van der Waals surface area contributed by atoms with E-state index in [-0.39, 0.29) is 6.03 Å². The molecule has 0 aliphatic carbocycles. The van der Waals surface area contributed by atoms with Gasteiger partial charge in [-0.3, -0.25) is 4.90 Å². The van der Waals surface area contributed by atoms with Crippen LogP contribution in [0.2, 0.25) is 0 Å². The summed E-state index contributed by atoms with van der Waals surface area (Å²) in [5.74, 6) is 0. The zero-order valence-electron chi connectivity index (χ0n) is 8.77. The van der Waals surface area contributed by atoms with Crippen molar-refractivity contribution < 1.29 is 4.79 Å². The van der Waals surface area contributed by atoms with E-state index in [1.807, 2.05) is 29.5 Å². The summed E-state index contributed by atoms with van der Waals surface area (Å²) < 4.78 is 0. The fourth-order valence-electron chi connectivity index (χ4n) is 1.62. The molecule has 0 spiro atoms. The van der Waals surface area contributed by atoms with E-state index in [1.165, 1.54) is 0 Å². The Balaban J connectivity index is 2.00. The lowest BCUT2D eigenvalue weighted by Crippen LogP contribution is -2.50.